The molecular formula is C16H22N2O2. The molecule has 2 N–H and O–H groups in total. The van der Waals surface area contributed by atoms with E-state index in [9.17, 15) is 9.59 Å². The van der Waals surface area contributed by atoms with Gasteiger partial charge in [0, 0.05) is 23.7 Å². The Hall–Kier alpha value is -1.84. The Labute approximate surface area is 119 Å². The molecule has 1 aliphatic rings. The SMILES string of the molecule is CCCNC(=O)c1cccc(C(=O)NC2CCCC2)c1. The maximum atomic E-state index is 12.1. The van der Waals surface area contributed by atoms with Crippen LogP contribution in [0.1, 0.15) is 59.7 Å². The van der Waals surface area contributed by atoms with E-state index in [0.29, 0.717) is 23.7 Å². The van der Waals surface area contributed by atoms with Crippen LogP contribution < -0.4 is 10.6 Å². The Kier molecular flexibility index (Phi) is 5.16. The smallest absolute Gasteiger partial charge is 0.251 e. The molecule has 1 aromatic rings. The summed E-state index contributed by atoms with van der Waals surface area (Å²) in [4.78, 5) is 24.0. The van der Waals surface area contributed by atoms with E-state index >= 15 is 0 Å². The van der Waals surface area contributed by atoms with Gasteiger partial charge in [0.05, 0.1) is 0 Å². The lowest BCUT2D eigenvalue weighted by molar-refractivity contribution is 0.0938. The van der Waals surface area contributed by atoms with Gasteiger partial charge in [0.25, 0.3) is 11.8 Å². The van der Waals surface area contributed by atoms with E-state index in [0.717, 1.165) is 19.3 Å². The Morgan fingerprint density at radius 1 is 1.15 bits per heavy atom. The van der Waals surface area contributed by atoms with Crippen molar-refractivity contribution in [2.75, 3.05) is 6.54 Å². The summed E-state index contributed by atoms with van der Waals surface area (Å²) in [6.45, 7) is 2.66. The van der Waals surface area contributed by atoms with Crippen LogP contribution in [0.4, 0.5) is 0 Å². The highest BCUT2D eigenvalue weighted by Crippen LogP contribution is 2.18. The highest BCUT2D eigenvalue weighted by atomic mass is 16.2. The molecule has 1 aliphatic carbocycles. The van der Waals surface area contributed by atoms with Crippen LogP contribution in [0.25, 0.3) is 0 Å². The average Bonchev–Trinajstić information content (AvgIpc) is 2.97. The van der Waals surface area contributed by atoms with Crippen LogP contribution in [0.3, 0.4) is 0 Å². The molecule has 0 bridgehead atoms. The quantitative estimate of drug-likeness (QED) is 0.866. The first-order valence-electron chi connectivity index (χ1n) is 7.40. The third kappa shape index (κ3) is 3.83. The first kappa shape index (κ1) is 14.6. The minimum absolute atomic E-state index is 0.0814. The van der Waals surface area contributed by atoms with E-state index in [1.165, 1.54) is 12.8 Å². The van der Waals surface area contributed by atoms with Gasteiger partial charge < -0.3 is 10.6 Å². The molecular weight excluding hydrogens is 252 g/mol. The molecule has 0 unspecified atom stereocenters. The van der Waals surface area contributed by atoms with Crippen molar-refractivity contribution in [3.63, 3.8) is 0 Å². The molecule has 0 spiro atoms. The first-order valence-corrected chi connectivity index (χ1v) is 7.40. The van der Waals surface area contributed by atoms with E-state index in [2.05, 4.69) is 10.6 Å². The van der Waals surface area contributed by atoms with Gasteiger partial charge in [0.15, 0.2) is 0 Å². The number of rotatable bonds is 5. The van der Waals surface area contributed by atoms with Crippen LogP contribution in [-0.4, -0.2) is 24.4 Å². The monoisotopic (exact) mass is 274 g/mol. The van der Waals surface area contributed by atoms with Gasteiger partial charge in [-0.15, -0.1) is 0 Å². The number of benzene rings is 1. The Morgan fingerprint density at radius 2 is 1.80 bits per heavy atom. The van der Waals surface area contributed by atoms with Crippen molar-refractivity contribution in [1.29, 1.82) is 0 Å². The van der Waals surface area contributed by atoms with Crippen molar-refractivity contribution in [2.45, 2.75) is 45.1 Å². The van der Waals surface area contributed by atoms with Crippen LogP contribution >= 0.6 is 0 Å². The fourth-order valence-corrected chi connectivity index (χ4v) is 2.48. The van der Waals surface area contributed by atoms with E-state index in [1.807, 2.05) is 6.92 Å². The van der Waals surface area contributed by atoms with Crippen molar-refractivity contribution in [2.24, 2.45) is 0 Å². The van der Waals surface area contributed by atoms with Gasteiger partial charge in [-0.05, 0) is 37.5 Å². The molecule has 1 fully saturated rings. The molecule has 0 aliphatic heterocycles. The predicted octanol–water partition coefficient (Wildman–Crippen LogP) is 2.50. The van der Waals surface area contributed by atoms with Crippen molar-refractivity contribution in [1.82, 2.24) is 10.6 Å². The molecule has 2 rings (SSSR count). The van der Waals surface area contributed by atoms with Crippen molar-refractivity contribution < 1.29 is 9.59 Å². The topological polar surface area (TPSA) is 58.2 Å². The van der Waals surface area contributed by atoms with E-state index in [4.69, 9.17) is 0 Å². The largest absolute Gasteiger partial charge is 0.352 e. The fraction of sp³-hybridized carbons (Fsp3) is 0.500. The normalized spacial score (nSPS) is 15.1. The molecule has 0 atom stereocenters. The van der Waals surface area contributed by atoms with E-state index in [1.54, 1.807) is 24.3 Å². The summed E-state index contributed by atoms with van der Waals surface area (Å²) < 4.78 is 0. The number of hydrogen-bond acceptors (Lipinski definition) is 2. The first-order chi connectivity index (χ1) is 9.70. The second-order valence-corrected chi connectivity index (χ2v) is 5.29. The second-order valence-electron chi connectivity index (χ2n) is 5.29. The lowest BCUT2D eigenvalue weighted by Gasteiger charge is -2.12. The molecule has 0 heterocycles. The number of carbonyl (C=O) groups excluding carboxylic acids is 2. The summed E-state index contributed by atoms with van der Waals surface area (Å²) in [5, 5.41) is 5.85. The van der Waals surface area contributed by atoms with Crippen molar-refractivity contribution in [3.05, 3.63) is 35.4 Å². The maximum Gasteiger partial charge on any atom is 0.251 e. The van der Waals surface area contributed by atoms with Gasteiger partial charge in [-0.1, -0.05) is 25.8 Å². The van der Waals surface area contributed by atoms with Gasteiger partial charge in [-0.25, -0.2) is 0 Å². The summed E-state index contributed by atoms with van der Waals surface area (Å²) in [6, 6.07) is 7.19. The maximum absolute atomic E-state index is 12.1. The minimum atomic E-state index is -0.123. The zero-order valence-electron chi connectivity index (χ0n) is 11.9. The standard InChI is InChI=1S/C16H22N2O2/c1-2-10-17-15(19)12-6-5-7-13(11-12)16(20)18-14-8-3-4-9-14/h5-7,11,14H,2-4,8-10H2,1H3,(H,17,19)(H,18,20). The predicted molar refractivity (Wildman–Crippen MR) is 78.8 cm³/mol. The van der Waals surface area contributed by atoms with E-state index < -0.39 is 0 Å². The number of nitrogens with one attached hydrogen (secondary N) is 2. The molecule has 0 aromatic heterocycles. The van der Waals surface area contributed by atoms with Crippen LogP contribution in [0.15, 0.2) is 24.3 Å². The molecule has 20 heavy (non-hydrogen) atoms. The summed E-state index contributed by atoms with van der Waals surface area (Å²) >= 11 is 0. The zero-order chi connectivity index (χ0) is 14.4. The molecule has 4 nitrogen and oxygen atoms in total. The van der Waals surface area contributed by atoms with Crippen molar-refractivity contribution in [3.8, 4) is 0 Å². The lowest BCUT2D eigenvalue weighted by Crippen LogP contribution is -2.32. The molecule has 108 valence electrons. The number of carbonyl (C=O) groups is 2. The summed E-state index contributed by atoms with van der Waals surface area (Å²) in [6.07, 6.45) is 5.38. The molecule has 0 saturated heterocycles. The minimum Gasteiger partial charge on any atom is -0.352 e. The molecule has 0 radical (unpaired) electrons. The zero-order valence-corrected chi connectivity index (χ0v) is 11.9. The summed E-state index contributed by atoms with van der Waals surface area (Å²) in [5.74, 6) is -0.204. The Morgan fingerprint density at radius 3 is 2.45 bits per heavy atom. The average molecular weight is 274 g/mol. The molecule has 1 aromatic carbocycles. The number of hydrogen-bond donors (Lipinski definition) is 2. The van der Waals surface area contributed by atoms with Crippen LogP contribution in [0.2, 0.25) is 0 Å². The van der Waals surface area contributed by atoms with Gasteiger partial charge in [-0.3, -0.25) is 9.59 Å². The lowest BCUT2D eigenvalue weighted by atomic mass is 10.1. The number of amides is 2. The van der Waals surface area contributed by atoms with Gasteiger partial charge >= 0.3 is 0 Å². The highest BCUT2D eigenvalue weighted by molar-refractivity contribution is 5.99. The molecule has 4 heteroatoms. The van der Waals surface area contributed by atoms with Gasteiger partial charge in [0.1, 0.15) is 0 Å². The molecule has 1 saturated carbocycles. The van der Waals surface area contributed by atoms with Crippen LogP contribution in [-0.2, 0) is 0 Å². The van der Waals surface area contributed by atoms with E-state index in [-0.39, 0.29) is 11.8 Å². The highest BCUT2D eigenvalue weighted by Gasteiger charge is 2.18. The third-order valence-electron chi connectivity index (χ3n) is 3.61. The Bertz CT molecular complexity index is 479. The van der Waals surface area contributed by atoms with Crippen molar-refractivity contribution >= 4 is 11.8 Å². The van der Waals surface area contributed by atoms with Crippen LogP contribution in [0, 0.1) is 0 Å². The fourth-order valence-electron chi connectivity index (χ4n) is 2.48. The van der Waals surface area contributed by atoms with Crippen LogP contribution in [0.5, 0.6) is 0 Å². The van der Waals surface area contributed by atoms with Gasteiger partial charge in [0.2, 0.25) is 0 Å². The summed E-state index contributed by atoms with van der Waals surface area (Å²) in [5.41, 5.74) is 1.10. The van der Waals surface area contributed by atoms with Gasteiger partial charge in [-0.2, -0.15) is 0 Å². The molecule has 2 amide bonds. The third-order valence-corrected chi connectivity index (χ3v) is 3.61. The summed E-state index contributed by atoms with van der Waals surface area (Å²) in [7, 11) is 0. The second kappa shape index (κ2) is 7.08. The Balaban J connectivity index is 2.00.